The van der Waals surface area contributed by atoms with Crippen LogP contribution in [0.25, 0.3) is 0 Å². The molecule has 0 N–H and O–H groups in total. The van der Waals surface area contributed by atoms with Crippen LogP contribution in [0.15, 0.2) is 9.98 Å². The van der Waals surface area contributed by atoms with Gasteiger partial charge >= 0.3 is 0 Å². The van der Waals surface area contributed by atoms with Crippen molar-refractivity contribution in [3.8, 4) is 0 Å². The van der Waals surface area contributed by atoms with Crippen molar-refractivity contribution in [2.24, 2.45) is 21.8 Å². The first-order valence-electron chi connectivity index (χ1n) is 6.81. The molecule has 0 saturated carbocycles. The summed E-state index contributed by atoms with van der Waals surface area (Å²) >= 11 is 0. The molecule has 1 heterocycles. The largest absolute Gasteiger partial charge is 0.483 e. The summed E-state index contributed by atoms with van der Waals surface area (Å²) < 4.78 is 16.1. The number of hydrogen-bond acceptors (Lipinski definition) is 5. The Kier molecular flexibility index (Phi) is 6.28. The molecule has 1 aliphatic heterocycles. The van der Waals surface area contributed by atoms with E-state index < -0.39 is 0 Å². The van der Waals surface area contributed by atoms with Gasteiger partial charge in [0.1, 0.15) is 12.1 Å². The average Bonchev–Trinajstić information content (AvgIpc) is 2.43. The Morgan fingerprint density at radius 1 is 1.00 bits per heavy atom. The van der Waals surface area contributed by atoms with E-state index in [1.807, 2.05) is 0 Å². The lowest BCUT2D eigenvalue weighted by atomic mass is 9.95. The van der Waals surface area contributed by atoms with E-state index in [2.05, 4.69) is 25.8 Å². The Labute approximate surface area is 116 Å². The molecule has 0 aromatic heterocycles. The average molecular weight is 270 g/mol. The second-order valence-corrected chi connectivity index (χ2v) is 5.10. The molecule has 0 aliphatic carbocycles. The highest BCUT2D eigenvalue weighted by atomic mass is 16.5. The van der Waals surface area contributed by atoms with Crippen molar-refractivity contribution < 1.29 is 14.2 Å². The highest BCUT2D eigenvalue weighted by Crippen LogP contribution is 2.23. The van der Waals surface area contributed by atoms with Gasteiger partial charge in [-0.3, -0.25) is 0 Å². The quantitative estimate of drug-likeness (QED) is 0.769. The normalized spacial score (nSPS) is 24.8. The zero-order chi connectivity index (χ0) is 14.4. The summed E-state index contributed by atoms with van der Waals surface area (Å²) in [7, 11) is 5.00. The minimum atomic E-state index is -0.111. The van der Waals surface area contributed by atoms with Crippen molar-refractivity contribution in [2.75, 3.05) is 27.9 Å². The molecule has 5 heteroatoms. The van der Waals surface area contributed by atoms with Crippen LogP contribution in [0.5, 0.6) is 0 Å². The lowest BCUT2D eigenvalue weighted by molar-refractivity contribution is 0.141. The van der Waals surface area contributed by atoms with Crippen LogP contribution in [0.2, 0.25) is 0 Å². The minimum Gasteiger partial charge on any atom is -0.483 e. The van der Waals surface area contributed by atoms with Crippen LogP contribution in [-0.2, 0) is 14.2 Å². The first-order valence-corrected chi connectivity index (χ1v) is 6.81. The number of ether oxygens (including phenoxy) is 3. The van der Waals surface area contributed by atoms with Gasteiger partial charge in [-0.1, -0.05) is 20.8 Å². The van der Waals surface area contributed by atoms with Crippen molar-refractivity contribution in [1.29, 1.82) is 0 Å². The summed E-state index contributed by atoms with van der Waals surface area (Å²) in [5.74, 6) is 1.95. The van der Waals surface area contributed by atoms with Gasteiger partial charge in [-0.05, 0) is 12.3 Å². The molecule has 1 aliphatic rings. The molecule has 0 aromatic rings. The topological polar surface area (TPSA) is 52.4 Å². The van der Waals surface area contributed by atoms with Gasteiger partial charge in [0.25, 0.3) is 0 Å². The van der Waals surface area contributed by atoms with Crippen molar-refractivity contribution in [2.45, 2.75) is 39.3 Å². The Morgan fingerprint density at radius 3 is 1.95 bits per heavy atom. The Morgan fingerprint density at radius 2 is 1.53 bits per heavy atom. The molecule has 1 rings (SSSR count). The summed E-state index contributed by atoms with van der Waals surface area (Å²) in [6, 6.07) is -0.170. The van der Waals surface area contributed by atoms with Crippen molar-refractivity contribution in [3.05, 3.63) is 0 Å². The highest BCUT2D eigenvalue weighted by Gasteiger charge is 2.34. The van der Waals surface area contributed by atoms with Gasteiger partial charge in [0.15, 0.2) is 0 Å². The fraction of sp³-hybridized carbons (Fsp3) is 0.857. The number of rotatable bonds is 5. The fourth-order valence-corrected chi connectivity index (χ4v) is 2.27. The van der Waals surface area contributed by atoms with Gasteiger partial charge < -0.3 is 14.2 Å². The molecule has 0 amide bonds. The van der Waals surface area contributed by atoms with E-state index in [-0.39, 0.29) is 18.0 Å². The van der Waals surface area contributed by atoms with Gasteiger partial charge in [-0.2, -0.15) is 0 Å². The van der Waals surface area contributed by atoms with Crippen molar-refractivity contribution >= 4 is 11.8 Å². The van der Waals surface area contributed by atoms with Crippen LogP contribution in [0.3, 0.4) is 0 Å². The maximum atomic E-state index is 5.44. The first-order chi connectivity index (χ1) is 9.08. The van der Waals surface area contributed by atoms with Gasteiger partial charge in [0.2, 0.25) is 11.8 Å². The number of aliphatic imine (C=N–C) groups is 2. The van der Waals surface area contributed by atoms with Crippen LogP contribution in [-0.4, -0.2) is 51.8 Å². The summed E-state index contributed by atoms with van der Waals surface area (Å²) in [6.07, 6.45) is 0.952. The molecule has 0 fully saturated rings. The Hall–Kier alpha value is -1.10. The molecule has 110 valence electrons. The molecule has 3 atom stereocenters. The van der Waals surface area contributed by atoms with Gasteiger partial charge in [-0.15, -0.1) is 0 Å². The van der Waals surface area contributed by atoms with E-state index in [0.29, 0.717) is 24.3 Å². The lowest BCUT2D eigenvalue weighted by Crippen LogP contribution is -2.41. The SMILES string of the molecule is CCC(COC)C1N=C(OC)C(C(C)C)N=C1OC. The lowest BCUT2D eigenvalue weighted by Gasteiger charge is -2.30. The molecule has 0 saturated heterocycles. The monoisotopic (exact) mass is 270 g/mol. The van der Waals surface area contributed by atoms with Gasteiger partial charge in [0, 0.05) is 13.0 Å². The maximum Gasteiger partial charge on any atom is 0.209 e. The van der Waals surface area contributed by atoms with E-state index in [1.54, 1.807) is 21.3 Å². The summed E-state index contributed by atoms with van der Waals surface area (Å²) in [4.78, 5) is 9.37. The van der Waals surface area contributed by atoms with Crippen molar-refractivity contribution in [1.82, 2.24) is 0 Å². The fourth-order valence-electron chi connectivity index (χ4n) is 2.27. The van der Waals surface area contributed by atoms with E-state index in [9.17, 15) is 0 Å². The molecule has 0 radical (unpaired) electrons. The van der Waals surface area contributed by atoms with E-state index in [4.69, 9.17) is 19.2 Å². The van der Waals surface area contributed by atoms with Crippen molar-refractivity contribution in [3.63, 3.8) is 0 Å². The maximum absolute atomic E-state index is 5.44. The van der Waals surface area contributed by atoms with Crippen LogP contribution < -0.4 is 0 Å². The molecular weight excluding hydrogens is 244 g/mol. The number of nitrogens with zero attached hydrogens (tertiary/aromatic N) is 2. The molecule has 5 nitrogen and oxygen atoms in total. The third-order valence-electron chi connectivity index (χ3n) is 3.44. The van der Waals surface area contributed by atoms with E-state index >= 15 is 0 Å². The van der Waals surface area contributed by atoms with Crippen LogP contribution in [0.1, 0.15) is 27.2 Å². The zero-order valence-corrected chi connectivity index (χ0v) is 12.8. The summed E-state index contributed by atoms with van der Waals surface area (Å²) in [5, 5.41) is 0. The second-order valence-electron chi connectivity index (χ2n) is 5.10. The molecule has 0 bridgehead atoms. The van der Waals surface area contributed by atoms with Gasteiger partial charge in [-0.25, -0.2) is 9.98 Å². The predicted octanol–water partition coefficient (Wildman–Crippen LogP) is 2.16. The van der Waals surface area contributed by atoms with E-state index in [0.717, 1.165) is 6.42 Å². The Balaban J connectivity index is 3.03. The second kappa shape index (κ2) is 7.48. The standard InChI is InChI=1S/C14H26N2O3/c1-7-10(8-17-4)12-14(19-6)15-11(9(2)3)13(16-12)18-5/h9-12H,7-8H2,1-6H3. The third-order valence-corrected chi connectivity index (χ3v) is 3.44. The smallest absolute Gasteiger partial charge is 0.209 e. The number of methoxy groups -OCH3 is 3. The van der Waals surface area contributed by atoms with Crippen LogP contribution in [0.4, 0.5) is 0 Å². The highest BCUT2D eigenvalue weighted by molar-refractivity contribution is 5.94. The van der Waals surface area contributed by atoms with Crippen LogP contribution in [0, 0.1) is 11.8 Å². The van der Waals surface area contributed by atoms with Crippen LogP contribution >= 0.6 is 0 Å². The Bertz CT molecular complexity index is 340. The molecular formula is C14H26N2O3. The number of hydrogen-bond donors (Lipinski definition) is 0. The predicted molar refractivity (Wildman–Crippen MR) is 77.0 cm³/mol. The first kappa shape index (κ1) is 16.0. The zero-order valence-electron chi connectivity index (χ0n) is 12.8. The molecule has 0 spiro atoms. The third kappa shape index (κ3) is 3.69. The molecule has 3 unspecified atom stereocenters. The molecule has 19 heavy (non-hydrogen) atoms. The summed E-state index contributed by atoms with van der Waals surface area (Å²) in [5.41, 5.74) is 0. The summed E-state index contributed by atoms with van der Waals surface area (Å²) in [6.45, 7) is 6.95. The molecule has 0 aromatic carbocycles. The minimum absolute atomic E-state index is 0.0590. The van der Waals surface area contributed by atoms with E-state index in [1.165, 1.54) is 0 Å². The van der Waals surface area contributed by atoms with Gasteiger partial charge in [0.05, 0.1) is 20.8 Å².